The number of thiazole rings is 1. The maximum atomic E-state index is 9.12. The molecule has 0 aliphatic rings. The molecule has 0 radical (unpaired) electrons. The van der Waals surface area contributed by atoms with E-state index in [1.165, 1.54) is 0 Å². The number of hydrogen-bond acceptors (Lipinski definition) is 4. The van der Waals surface area contributed by atoms with Crippen LogP contribution >= 0.6 is 11.3 Å². The molecule has 1 aromatic carbocycles. The van der Waals surface area contributed by atoms with E-state index >= 15 is 0 Å². The van der Waals surface area contributed by atoms with E-state index < -0.39 is 0 Å². The lowest BCUT2D eigenvalue weighted by molar-refractivity contribution is 0.950. The fourth-order valence-corrected chi connectivity index (χ4v) is 2.80. The summed E-state index contributed by atoms with van der Waals surface area (Å²) >= 11 is 1.56. The Bertz CT molecular complexity index is 566. The molecule has 3 nitrogen and oxygen atoms in total. The van der Waals surface area contributed by atoms with Gasteiger partial charge in [-0.2, -0.15) is 5.26 Å². The van der Waals surface area contributed by atoms with Crippen molar-refractivity contribution >= 4 is 11.3 Å². The summed E-state index contributed by atoms with van der Waals surface area (Å²) in [5.74, 6) is 0. The van der Waals surface area contributed by atoms with Crippen LogP contribution in [0.15, 0.2) is 24.3 Å². The van der Waals surface area contributed by atoms with Crippen molar-refractivity contribution in [3.8, 4) is 16.5 Å². The van der Waals surface area contributed by atoms with Crippen LogP contribution in [0.2, 0.25) is 0 Å². The van der Waals surface area contributed by atoms with Crippen LogP contribution in [0.4, 0.5) is 0 Å². The second-order valence-electron chi connectivity index (χ2n) is 3.75. The maximum absolute atomic E-state index is 9.12. The zero-order chi connectivity index (χ0) is 12.3. The van der Waals surface area contributed by atoms with Crippen molar-refractivity contribution in [1.82, 2.24) is 4.98 Å². The van der Waals surface area contributed by atoms with Gasteiger partial charge in [-0.15, -0.1) is 11.3 Å². The Morgan fingerprint density at radius 2 is 2.18 bits per heavy atom. The Labute approximate surface area is 105 Å². The lowest BCUT2D eigenvalue weighted by atomic mass is 10.1. The van der Waals surface area contributed by atoms with Crippen LogP contribution in [0.3, 0.4) is 0 Å². The van der Waals surface area contributed by atoms with Crippen molar-refractivity contribution in [2.45, 2.75) is 13.3 Å². The van der Waals surface area contributed by atoms with Gasteiger partial charge in [-0.05, 0) is 24.6 Å². The van der Waals surface area contributed by atoms with E-state index in [1.807, 2.05) is 31.2 Å². The summed E-state index contributed by atoms with van der Waals surface area (Å²) in [6.45, 7) is 2.60. The second-order valence-corrected chi connectivity index (χ2v) is 4.83. The minimum absolute atomic E-state index is 0.507. The summed E-state index contributed by atoms with van der Waals surface area (Å²) in [7, 11) is 0. The van der Waals surface area contributed by atoms with Gasteiger partial charge in [0.2, 0.25) is 0 Å². The monoisotopic (exact) mass is 243 g/mol. The molecule has 17 heavy (non-hydrogen) atoms. The molecule has 86 valence electrons. The van der Waals surface area contributed by atoms with Gasteiger partial charge in [-0.1, -0.05) is 24.3 Å². The van der Waals surface area contributed by atoms with Gasteiger partial charge in [0.25, 0.3) is 0 Å². The first kappa shape index (κ1) is 11.8. The van der Waals surface area contributed by atoms with E-state index in [4.69, 9.17) is 11.0 Å². The number of benzene rings is 1. The minimum Gasteiger partial charge on any atom is -0.330 e. The molecule has 0 atom stereocenters. The first-order valence-corrected chi connectivity index (χ1v) is 6.23. The molecular formula is C13H13N3S. The Morgan fingerprint density at radius 3 is 2.82 bits per heavy atom. The number of aromatic nitrogens is 1. The van der Waals surface area contributed by atoms with Crippen molar-refractivity contribution in [2.24, 2.45) is 5.73 Å². The molecule has 0 bridgehead atoms. The normalized spacial score (nSPS) is 10.2. The van der Waals surface area contributed by atoms with Crippen LogP contribution in [0.25, 0.3) is 10.4 Å². The van der Waals surface area contributed by atoms with Gasteiger partial charge in [0.15, 0.2) is 5.69 Å². The molecule has 0 amide bonds. The van der Waals surface area contributed by atoms with Crippen molar-refractivity contribution < 1.29 is 0 Å². The van der Waals surface area contributed by atoms with Crippen LogP contribution < -0.4 is 5.73 Å². The minimum atomic E-state index is 0.507. The summed E-state index contributed by atoms with van der Waals surface area (Å²) in [5.41, 5.74) is 8.27. The van der Waals surface area contributed by atoms with E-state index in [2.05, 4.69) is 11.1 Å². The Hall–Kier alpha value is -1.70. The highest BCUT2D eigenvalue weighted by molar-refractivity contribution is 7.15. The molecular weight excluding hydrogens is 230 g/mol. The number of rotatable bonds is 3. The molecule has 0 saturated heterocycles. The molecule has 0 fully saturated rings. The zero-order valence-corrected chi connectivity index (χ0v) is 10.4. The third-order valence-electron chi connectivity index (χ3n) is 2.53. The van der Waals surface area contributed by atoms with Gasteiger partial charge in [-0.3, -0.25) is 0 Å². The number of nitriles is 1. The average Bonchev–Trinajstić information content (AvgIpc) is 2.73. The van der Waals surface area contributed by atoms with Crippen LogP contribution in [0, 0.1) is 18.3 Å². The molecule has 0 aliphatic heterocycles. The molecule has 0 aliphatic carbocycles. The van der Waals surface area contributed by atoms with Gasteiger partial charge in [0.05, 0.1) is 9.88 Å². The van der Waals surface area contributed by atoms with Crippen LogP contribution in [0.5, 0.6) is 0 Å². The molecule has 1 aromatic heterocycles. The van der Waals surface area contributed by atoms with Crippen LogP contribution in [-0.4, -0.2) is 11.5 Å². The van der Waals surface area contributed by atoms with Gasteiger partial charge < -0.3 is 5.73 Å². The number of hydrogen-bond donors (Lipinski definition) is 1. The van der Waals surface area contributed by atoms with Crippen molar-refractivity contribution in [1.29, 1.82) is 5.26 Å². The van der Waals surface area contributed by atoms with Gasteiger partial charge in [0.1, 0.15) is 6.07 Å². The smallest absolute Gasteiger partial charge is 0.159 e. The number of nitrogens with two attached hydrogens (primary N) is 1. The van der Waals surface area contributed by atoms with E-state index in [9.17, 15) is 0 Å². The molecule has 2 N–H and O–H groups in total. The number of nitrogens with zero attached hydrogens (tertiary/aromatic N) is 2. The standard InChI is InChI=1S/C13H13N3S/c1-9-4-2-3-5-10(9)13-11(8-15)16-12(17-13)6-7-14/h2-5H,6-7,14H2,1H3. The Kier molecular flexibility index (Phi) is 3.52. The second kappa shape index (κ2) is 5.09. The van der Waals surface area contributed by atoms with E-state index in [1.54, 1.807) is 11.3 Å². The van der Waals surface area contributed by atoms with Crippen molar-refractivity contribution in [3.05, 3.63) is 40.5 Å². The Morgan fingerprint density at radius 1 is 1.41 bits per heavy atom. The lowest BCUT2D eigenvalue weighted by Gasteiger charge is -2.01. The highest BCUT2D eigenvalue weighted by Crippen LogP contribution is 2.32. The van der Waals surface area contributed by atoms with Gasteiger partial charge in [0, 0.05) is 6.42 Å². The lowest BCUT2D eigenvalue weighted by Crippen LogP contribution is -2.01. The summed E-state index contributed by atoms with van der Waals surface area (Å²) in [5, 5.41) is 10.0. The predicted octanol–water partition coefficient (Wildman–Crippen LogP) is 2.49. The SMILES string of the molecule is Cc1ccccc1-c1sc(CCN)nc1C#N. The summed E-state index contributed by atoms with van der Waals surface area (Å²) < 4.78 is 0. The van der Waals surface area contributed by atoms with Crippen molar-refractivity contribution in [2.75, 3.05) is 6.54 Å². The first-order valence-electron chi connectivity index (χ1n) is 5.42. The number of aryl methyl sites for hydroxylation is 1. The highest BCUT2D eigenvalue weighted by Gasteiger charge is 2.13. The quantitative estimate of drug-likeness (QED) is 0.900. The fraction of sp³-hybridized carbons (Fsp3) is 0.231. The van der Waals surface area contributed by atoms with Crippen LogP contribution in [-0.2, 0) is 6.42 Å². The summed E-state index contributed by atoms with van der Waals surface area (Å²) in [6.07, 6.45) is 0.727. The third kappa shape index (κ3) is 2.36. The molecule has 2 rings (SSSR count). The van der Waals surface area contributed by atoms with E-state index in [-0.39, 0.29) is 0 Å². The average molecular weight is 243 g/mol. The summed E-state index contributed by atoms with van der Waals surface area (Å²) in [4.78, 5) is 5.27. The van der Waals surface area contributed by atoms with Gasteiger partial charge in [-0.25, -0.2) is 4.98 Å². The van der Waals surface area contributed by atoms with E-state index in [0.717, 1.165) is 27.4 Å². The largest absolute Gasteiger partial charge is 0.330 e. The highest BCUT2D eigenvalue weighted by atomic mass is 32.1. The fourth-order valence-electron chi connectivity index (χ4n) is 1.68. The summed E-state index contributed by atoms with van der Waals surface area (Å²) in [6, 6.07) is 10.2. The topological polar surface area (TPSA) is 62.7 Å². The van der Waals surface area contributed by atoms with Crippen LogP contribution in [0.1, 0.15) is 16.3 Å². The molecule has 0 unspecified atom stereocenters. The maximum Gasteiger partial charge on any atom is 0.159 e. The van der Waals surface area contributed by atoms with Crippen molar-refractivity contribution in [3.63, 3.8) is 0 Å². The van der Waals surface area contributed by atoms with Gasteiger partial charge >= 0.3 is 0 Å². The zero-order valence-electron chi connectivity index (χ0n) is 9.60. The van der Waals surface area contributed by atoms with E-state index in [0.29, 0.717) is 12.2 Å². The predicted molar refractivity (Wildman–Crippen MR) is 69.8 cm³/mol. The third-order valence-corrected chi connectivity index (χ3v) is 3.67. The Balaban J connectivity index is 2.52. The first-order chi connectivity index (χ1) is 8.26. The molecule has 0 spiro atoms. The molecule has 1 heterocycles. The molecule has 4 heteroatoms. The molecule has 0 saturated carbocycles. The molecule has 2 aromatic rings.